The molecule has 0 saturated carbocycles. The maximum absolute atomic E-state index is 12.2. The normalized spacial score (nSPS) is 18.6. The van der Waals surface area contributed by atoms with Crippen molar-refractivity contribution in [3.8, 4) is 0 Å². The summed E-state index contributed by atoms with van der Waals surface area (Å²) >= 11 is 1.67. The Morgan fingerprint density at radius 1 is 1.42 bits per heavy atom. The van der Waals surface area contributed by atoms with Gasteiger partial charge in [-0.25, -0.2) is 9.78 Å². The topological polar surface area (TPSA) is 54.5 Å². The van der Waals surface area contributed by atoms with Crippen molar-refractivity contribution in [1.29, 1.82) is 0 Å². The Kier molecular flexibility index (Phi) is 4.94. The fourth-order valence-corrected chi connectivity index (χ4v) is 3.78. The van der Waals surface area contributed by atoms with E-state index in [-0.39, 0.29) is 6.09 Å². The molecule has 6 heteroatoms. The van der Waals surface area contributed by atoms with E-state index in [0.29, 0.717) is 5.92 Å². The van der Waals surface area contributed by atoms with E-state index in [2.05, 4.69) is 16.4 Å². The van der Waals surface area contributed by atoms with Crippen LogP contribution in [-0.4, -0.2) is 41.2 Å². The van der Waals surface area contributed by atoms with Crippen molar-refractivity contribution in [3.63, 3.8) is 0 Å². The molecule has 1 amide bonds. The summed E-state index contributed by atoms with van der Waals surface area (Å²) in [5.74, 6) is 0.429. The highest BCUT2D eigenvalue weighted by Crippen LogP contribution is 2.26. The summed E-state index contributed by atoms with van der Waals surface area (Å²) < 4.78 is 6.68. The van der Waals surface area contributed by atoms with Crippen LogP contribution in [0.5, 0.6) is 0 Å². The zero-order valence-electron chi connectivity index (χ0n) is 14.5. The molecule has 2 heterocycles. The van der Waals surface area contributed by atoms with E-state index in [1.54, 1.807) is 11.3 Å². The molecule has 0 spiro atoms. The van der Waals surface area contributed by atoms with E-state index in [1.165, 1.54) is 4.70 Å². The number of aromatic nitrogens is 1. The Morgan fingerprint density at radius 3 is 2.96 bits per heavy atom. The first-order chi connectivity index (χ1) is 11.4. The molecule has 1 aromatic heterocycles. The van der Waals surface area contributed by atoms with Crippen LogP contribution in [0.25, 0.3) is 10.2 Å². The van der Waals surface area contributed by atoms with Gasteiger partial charge in [0.2, 0.25) is 0 Å². The van der Waals surface area contributed by atoms with Gasteiger partial charge in [0.15, 0.2) is 5.13 Å². The van der Waals surface area contributed by atoms with E-state index in [9.17, 15) is 4.79 Å². The van der Waals surface area contributed by atoms with Gasteiger partial charge >= 0.3 is 6.09 Å². The Balaban J connectivity index is 1.54. The van der Waals surface area contributed by atoms with Gasteiger partial charge < -0.3 is 15.0 Å². The third-order valence-electron chi connectivity index (χ3n) is 4.01. The maximum Gasteiger partial charge on any atom is 0.410 e. The van der Waals surface area contributed by atoms with Crippen LogP contribution in [0.4, 0.5) is 9.93 Å². The molecular formula is C18H25N3O2S. The van der Waals surface area contributed by atoms with Crippen molar-refractivity contribution in [3.05, 3.63) is 24.3 Å². The Morgan fingerprint density at radius 2 is 2.21 bits per heavy atom. The molecule has 1 atom stereocenters. The number of para-hydroxylation sites is 1. The first-order valence-electron chi connectivity index (χ1n) is 8.48. The second kappa shape index (κ2) is 6.97. The van der Waals surface area contributed by atoms with E-state index in [1.807, 2.05) is 43.9 Å². The molecule has 0 unspecified atom stereocenters. The average molecular weight is 347 g/mol. The molecule has 3 rings (SSSR count). The SMILES string of the molecule is CC(C)(C)OC(=O)N1CCC[C@H](CNc2nc3ccccc3s2)C1. The number of piperidine rings is 1. The van der Waals surface area contributed by atoms with Gasteiger partial charge in [-0.3, -0.25) is 0 Å². The van der Waals surface area contributed by atoms with Crippen molar-refractivity contribution in [2.45, 2.75) is 39.2 Å². The molecule has 1 aliphatic rings. The van der Waals surface area contributed by atoms with Crippen LogP contribution in [0.2, 0.25) is 0 Å². The van der Waals surface area contributed by atoms with Crippen LogP contribution in [0.1, 0.15) is 33.6 Å². The van der Waals surface area contributed by atoms with Crippen molar-refractivity contribution in [1.82, 2.24) is 9.88 Å². The Hall–Kier alpha value is -1.82. The van der Waals surface area contributed by atoms with Crippen molar-refractivity contribution in [2.24, 2.45) is 5.92 Å². The number of hydrogen-bond acceptors (Lipinski definition) is 5. The van der Waals surface area contributed by atoms with Crippen LogP contribution < -0.4 is 5.32 Å². The molecule has 0 bridgehead atoms. The number of likely N-dealkylation sites (tertiary alicyclic amines) is 1. The standard InChI is InChI=1S/C18H25N3O2S/c1-18(2,3)23-17(22)21-10-6-7-13(12-21)11-19-16-20-14-8-4-5-9-15(14)24-16/h4-5,8-9,13H,6-7,10-12H2,1-3H3,(H,19,20)/t13-/m1/s1. The molecule has 1 aliphatic heterocycles. The fourth-order valence-electron chi connectivity index (χ4n) is 2.90. The lowest BCUT2D eigenvalue weighted by atomic mass is 9.98. The quantitative estimate of drug-likeness (QED) is 0.896. The number of nitrogens with zero attached hydrogens (tertiary/aromatic N) is 2. The average Bonchev–Trinajstić information content (AvgIpc) is 2.94. The second-order valence-corrected chi connectivity index (χ2v) is 8.33. The molecule has 130 valence electrons. The molecule has 2 aromatic rings. The molecule has 24 heavy (non-hydrogen) atoms. The fraction of sp³-hybridized carbons (Fsp3) is 0.556. The van der Waals surface area contributed by atoms with Crippen LogP contribution in [0.3, 0.4) is 0 Å². The predicted octanol–water partition coefficient (Wildman–Crippen LogP) is 4.36. The lowest BCUT2D eigenvalue weighted by molar-refractivity contribution is 0.0172. The monoisotopic (exact) mass is 347 g/mol. The first kappa shape index (κ1) is 17.0. The largest absolute Gasteiger partial charge is 0.444 e. The number of carbonyl (C=O) groups excluding carboxylic acids is 1. The van der Waals surface area contributed by atoms with Crippen molar-refractivity contribution in [2.75, 3.05) is 25.0 Å². The number of carbonyl (C=O) groups is 1. The summed E-state index contributed by atoms with van der Waals surface area (Å²) in [6, 6.07) is 8.15. The third-order valence-corrected chi connectivity index (χ3v) is 5.00. The smallest absolute Gasteiger partial charge is 0.410 e. The molecule has 0 radical (unpaired) electrons. The molecule has 1 aromatic carbocycles. The summed E-state index contributed by atoms with van der Waals surface area (Å²) in [6.07, 6.45) is 1.94. The Bertz CT molecular complexity index is 675. The van der Waals surface area contributed by atoms with Gasteiger partial charge in [0.1, 0.15) is 5.60 Å². The molecule has 5 nitrogen and oxygen atoms in total. The lowest BCUT2D eigenvalue weighted by Crippen LogP contribution is -2.44. The zero-order chi connectivity index (χ0) is 17.2. The molecular weight excluding hydrogens is 322 g/mol. The van der Waals surface area contributed by atoms with Gasteiger partial charge in [-0.05, 0) is 51.7 Å². The minimum absolute atomic E-state index is 0.202. The van der Waals surface area contributed by atoms with Gasteiger partial charge in [-0.1, -0.05) is 23.5 Å². The summed E-state index contributed by atoms with van der Waals surface area (Å²) in [7, 11) is 0. The van der Waals surface area contributed by atoms with Gasteiger partial charge in [-0.15, -0.1) is 0 Å². The minimum atomic E-state index is -0.441. The molecule has 1 saturated heterocycles. The molecule has 1 N–H and O–H groups in total. The summed E-state index contributed by atoms with van der Waals surface area (Å²) in [6.45, 7) is 8.07. The number of hydrogen-bond donors (Lipinski definition) is 1. The van der Waals surface area contributed by atoms with Gasteiger partial charge in [0.05, 0.1) is 10.2 Å². The van der Waals surface area contributed by atoms with Gasteiger partial charge in [0, 0.05) is 19.6 Å². The number of anilines is 1. The number of rotatable bonds is 3. The number of nitrogens with one attached hydrogen (secondary N) is 1. The van der Waals surface area contributed by atoms with Crippen LogP contribution >= 0.6 is 11.3 Å². The molecule has 0 aliphatic carbocycles. The number of thiazole rings is 1. The van der Waals surface area contributed by atoms with Crippen LogP contribution in [0, 0.1) is 5.92 Å². The lowest BCUT2D eigenvalue weighted by Gasteiger charge is -2.34. The minimum Gasteiger partial charge on any atom is -0.444 e. The van der Waals surface area contributed by atoms with E-state index < -0.39 is 5.60 Å². The van der Waals surface area contributed by atoms with E-state index in [4.69, 9.17) is 4.74 Å². The van der Waals surface area contributed by atoms with Crippen molar-refractivity contribution < 1.29 is 9.53 Å². The zero-order valence-corrected chi connectivity index (χ0v) is 15.4. The highest BCUT2D eigenvalue weighted by atomic mass is 32.1. The van der Waals surface area contributed by atoms with Crippen LogP contribution in [0.15, 0.2) is 24.3 Å². The highest BCUT2D eigenvalue weighted by Gasteiger charge is 2.27. The second-order valence-electron chi connectivity index (χ2n) is 7.30. The predicted molar refractivity (Wildman–Crippen MR) is 98.6 cm³/mol. The molecule has 1 fully saturated rings. The number of benzene rings is 1. The summed E-state index contributed by atoms with van der Waals surface area (Å²) in [4.78, 5) is 18.7. The summed E-state index contributed by atoms with van der Waals surface area (Å²) in [5.41, 5.74) is 0.590. The third kappa shape index (κ3) is 4.38. The number of ether oxygens (including phenoxy) is 1. The van der Waals surface area contributed by atoms with E-state index >= 15 is 0 Å². The Labute approximate surface area is 147 Å². The van der Waals surface area contributed by atoms with Crippen LogP contribution in [-0.2, 0) is 4.74 Å². The van der Waals surface area contributed by atoms with Gasteiger partial charge in [0.25, 0.3) is 0 Å². The highest BCUT2D eigenvalue weighted by molar-refractivity contribution is 7.22. The maximum atomic E-state index is 12.2. The number of amides is 1. The number of fused-ring (bicyclic) bond motifs is 1. The van der Waals surface area contributed by atoms with Crippen molar-refractivity contribution >= 4 is 32.8 Å². The van der Waals surface area contributed by atoms with Gasteiger partial charge in [-0.2, -0.15) is 0 Å². The van der Waals surface area contributed by atoms with E-state index in [0.717, 1.165) is 43.1 Å². The first-order valence-corrected chi connectivity index (χ1v) is 9.30. The summed E-state index contributed by atoms with van der Waals surface area (Å²) in [5, 5.41) is 4.39.